The van der Waals surface area contributed by atoms with Crippen molar-refractivity contribution in [1.82, 2.24) is 20.0 Å². The summed E-state index contributed by atoms with van der Waals surface area (Å²) in [6.07, 6.45) is 7.05. The van der Waals surface area contributed by atoms with Crippen molar-refractivity contribution in [3.05, 3.63) is 35.8 Å². The summed E-state index contributed by atoms with van der Waals surface area (Å²) in [4.78, 5) is 8.94. The van der Waals surface area contributed by atoms with E-state index in [1.807, 2.05) is 19.2 Å². The maximum Gasteiger partial charge on any atom is 0.191 e. The van der Waals surface area contributed by atoms with Gasteiger partial charge in [-0.3, -0.25) is 4.99 Å². The maximum atomic E-state index is 4.64. The first kappa shape index (κ1) is 20.7. The molecule has 2 heterocycles. The lowest BCUT2D eigenvalue weighted by Crippen LogP contribution is -2.41. The second-order valence-electron chi connectivity index (χ2n) is 6.09. The van der Waals surface area contributed by atoms with Crippen LogP contribution < -0.4 is 10.6 Å². The van der Waals surface area contributed by atoms with E-state index in [0.29, 0.717) is 12.6 Å². The zero-order chi connectivity index (χ0) is 16.7. The van der Waals surface area contributed by atoms with Gasteiger partial charge < -0.3 is 15.0 Å². The Balaban J connectivity index is 0.00000288. The first-order valence-corrected chi connectivity index (χ1v) is 8.54. The van der Waals surface area contributed by atoms with Gasteiger partial charge in [-0.1, -0.05) is 32.3 Å². The molecule has 0 amide bonds. The van der Waals surface area contributed by atoms with Crippen LogP contribution in [-0.4, -0.2) is 28.4 Å². The number of hydrogen-bond acceptors (Lipinski definition) is 2. The van der Waals surface area contributed by atoms with Gasteiger partial charge in [0, 0.05) is 25.0 Å². The molecule has 1 atom stereocenters. The number of aromatic nitrogens is 2. The van der Waals surface area contributed by atoms with Crippen molar-refractivity contribution in [2.45, 2.75) is 59.0 Å². The highest BCUT2D eigenvalue weighted by Gasteiger charge is 2.07. The highest BCUT2D eigenvalue weighted by molar-refractivity contribution is 14.0. The minimum Gasteiger partial charge on any atom is -0.354 e. The predicted molar refractivity (Wildman–Crippen MR) is 112 cm³/mol. The standard InChI is InChI=1S/C18H29N5.HI/c1-5-6-7-9-14(2)21-18(19-4)20-12-16-13-23-15(3)10-8-11-17(23)22-16;/h8,10-11,13-14H,5-7,9,12H2,1-4H3,(H2,19,20,21);1H. The number of nitrogens with zero attached hydrogens (tertiary/aromatic N) is 3. The minimum absolute atomic E-state index is 0. The number of guanidine groups is 1. The molecule has 0 radical (unpaired) electrons. The molecule has 0 aliphatic carbocycles. The molecule has 2 aromatic heterocycles. The Bertz CT molecular complexity index is 650. The fourth-order valence-electron chi connectivity index (χ4n) is 2.66. The van der Waals surface area contributed by atoms with Gasteiger partial charge in [-0.2, -0.15) is 0 Å². The number of nitrogens with one attached hydrogen (secondary N) is 2. The molecule has 24 heavy (non-hydrogen) atoms. The van der Waals surface area contributed by atoms with E-state index in [2.05, 4.69) is 58.0 Å². The summed E-state index contributed by atoms with van der Waals surface area (Å²) >= 11 is 0. The lowest BCUT2D eigenvalue weighted by atomic mass is 10.1. The lowest BCUT2D eigenvalue weighted by Gasteiger charge is -2.17. The zero-order valence-electron chi connectivity index (χ0n) is 15.2. The van der Waals surface area contributed by atoms with Crippen molar-refractivity contribution < 1.29 is 0 Å². The highest BCUT2D eigenvalue weighted by Crippen LogP contribution is 2.08. The molecule has 0 fully saturated rings. The van der Waals surface area contributed by atoms with Crippen LogP contribution in [0.1, 0.15) is 50.9 Å². The topological polar surface area (TPSA) is 53.7 Å². The lowest BCUT2D eigenvalue weighted by molar-refractivity contribution is 0.546. The van der Waals surface area contributed by atoms with Crippen molar-refractivity contribution in [2.75, 3.05) is 7.05 Å². The molecule has 0 bridgehead atoms. The summed E-state index contributed by atoms with van der Waals surface area (Å²) < 4.78 is 2.11. The number of unbranched alkanes of at least 4 members (excludes halogenated alkanes) is 2. The van der Waals surface area contributed by atoms with Crippen LogP contribution in [0, 0.1) is 6.92 Å². The van der Waals surface area contributed by atoms with Gasteiger partial charge in [0.15, 0.2) is 5.96 Å². The number of rotatable bonds is 7. The molecular formula is C18H30IN5. The van der Waals surface area contributed by atoms with Gasteiger partial charge in [0.25, 0.3) is 0 Å². The SMILES string of the molecule is CCCCCC(C)NC(=NC)NCc1cn2c(C)cccc2n1.I. The molecule has 5 nitrogen and oxygen atoms in total. The number of imidazole rings is 1. The van der Waals surface area contributed by atoms with Gasteiger partial charge in [0.2, 0.25) is 0 Å². The van der Waals surface area contributed by atoms with Crippen LogP contribution in [0.15, 0.2) is 29.4 Å². The van der Waals surface area contributed by atoms with Gasteiger partial charge in [-0.25, -0.2) is 4.98 Å². The number of fused-ring (bicyclic) bond motifs is 1. The van der Waals surface area contributed by atoms with E-state index < -0.39 is 0 Å². The van der Waals surface area contributed by atoms with Gasteiger partial charge >= 0.3 is 0 Å². The maximum absolute atomic E-state index is 4.64. The molecule has 2 rings (SSSR count). The number of aryl methyl sites for hydroxylation is 1. The highest BCUT2D eigenvalue weighted by atomic mass is 127. The molecule has 0 spiro atoms. The quantitative estimate of drug-likeness (QED) is 0.296. The molecule has 0 aliphatic rings. The molecule has 2 aromatic rings. The van der Waals surface area contributed by atoms with Crippen molar-refractivity contribution in [2.24, 2.45) is 4.99 Å². The normalized spacial score (nSPS) is 12.8. The Morgan fingerprint density at radius 3 is 2.79 bits per heavy atom. The summed E-state index contributed by atoms with van der Waals surface area (Å²) in [5.41, 5.74) is 3.19. The van der Waals surface area contributed by atoms with Crippen molar-refractivity contribution >= 4 is 35.6 Å². The Morgan fingerprint density at radius 2 is 2.12 bits per heavy atom. The van der Waals surface area contributed by atoms with Crippen LogP contribution in [0.5, 0.6) is 0 Å². The fraction of sp³-hybridized carbons (Fsp3) is 0.556. The smallest absolute Gasteiger partial charge is 0.191 e. The summed E-state index contributed by atoms with van der Waals surface area (Å²) in [5.74, 6) is 0.836. The molecule has 0 aromatic carbocycles. The number of pyridine rings is 1. The van der Waals surface area contributed by atoms with Gasteiger partial charge in [-0.15, -0.1) is 24.0 Å². The van der Waals surface area contributed by atoms with Gasteiger partial charge in [-0.05, 0) is 32.4 Å². The van der Waals surface area contributed by atoms with E-state index in [0.717, 1.165) is 17.3 Å². The van der Waals surface area contributed by atoms with E-state index in [1.54, 1.807) is 0 Å². The molecular weight excluding hydrogens is 413 g/mol. The van der Waals surface area contributed by atoms with Gasteiger partial charge in [0.1, 0.15) is 5.65 Å². The minimum atomic E-state index is 0. The second-order valence-corrected chi connectivity index (χ2v) is 6.09. The number of hydrogen-bond donors (Lipinski definition) is 2. The molecule has 0 saturated carbocycles. The molecule has 6 heteroatoms. The molecule has 0 saturated heterocycles. The summed E-state index contributed by atoms with van der Waals surface area (Å²) in [7, 11) is 1.81. The van der Waals surface area contributed by atoms with Crippen LogP contribution in [0.2, 0.25) is 0 Å². The number of aliphatic imine (C=N–C) groups is 1. The van der Waals surface area contributed by atoms with E-state index in [1.165, 1.54) is 31.4 Å². The Kier molecular flexibility index (Phi) is 9.10. The molecule has 0 aliphatic heterocycles. The third-order valence-electron chi connectivity index (χ3n) is 4.03. The van der Waals surface area contributed by atoms with Crippen LogP contribution in [0.25, 0.3) is 5.65 Å². The second kappa shape index (κ2) is 10.5. The monoisotopic (exact) mass is 443 g/mol. The van der Waals surface area contributed by atoms with Crippen LogP contribution >= 0.6 is 24.0 Å². The first-order valence-electron chi connectivity index (χ1n) is 8.54. The van der Waals surface area contributed by atoms with Crippen LogP contribution in [0.3, 0.4) is 0 Å². The average molecular weight is 443 g/mol. The largest absolute Gasteiger partial charge is 0.354 e. The third-order valence-corrected chi connectivity index (χ3v) is 4.03. The Hall–Kier alpha value is -1.31. The van der Waals surface area contributed by atoms with Crippen LogP contribution in [-0.2, 0) is 6.54 Å². The Morgan fingerprint density at radius 1 is 1.33 bits per heavy atom. The van der Waals surface area contributed by atoms with Crippen molar-refractivity contribution in [3.8, 4) is 0 Å². The fourth-order valence-corrected chi connectivity index (χ4v) is 2.66. The molecule has 2 N–H and O–H groups in total. The van der Waals surface area contributed by atoms with E-state index in [4.69, 9.17) is 0 Å². The van der Waals surface area contributed by atoms with Crippen molar-refractivity contribution in [3.63, 3.8) is 0 Å². The van der Waals surface area contributed by atoms with E-state index in [9.17, 15) is 0 Å². The molecule has 134 valence electrons. The summed E-state index contributed by atoms with van der Waals surface area (Å²) in [6.45, 7) is 7.19. The summed E-state index contributed by atoms with van der Waals surface area (Å²) in [6, 6.07) is 6.58. The molecule has 1 unspecified atom stereocenters. The van der Waals surface area contributed by atoms with Gasteiger partial charge in [0.05, 0.1) is 12.2 Å². The van der Waals surface area contributed by atoms with E-state index in [-0.39, 0.29) is 24.0 Å². The average Bonchev–Trinajstić information content (AvgIpc) is 2.96. The Labute approximate surface area is 162 Å². The van der Waals surface area contributed by atoms with Crippen molar-refractivity contribution in [1.29, 1.82) is 0 Å². The van der Waals surface area contributed by atoms with E-state index >= 15 is 0 Å². The zero-order valence-corrected chi connectivity index (χ0v) is 17.5. The predicted octanol–water partition coefficient (Wildman–Crippen LogP) is 3.89. The van der Waals surface area contributed by atoms with Crippen LogP contribution in [0.4, 0.5) is 0 Å². The number of halogens is 1. The summed E-state index contributed by atoms with van der Waals surface area (Å²) in [5, 5.41) is 6.80. The third kappa shape index (κ3) is 5.96. The first-order chi connectivity index (χ1) is 11.1.